The fraction of sp³-hybridized carbons (Fsp3) is 0. The summed E-state index contributed by atoms with van der Waals surface area (Å²) in [5.41, 5.74) is 2.46. The van der Waals surface area contributed by atoms with Crippen LogP contribution in [0.2, 0.25) is 0 Å². The molecular weight excluding hydrogens is 274 g/mol. The minimum atomic E-state index is -0.196. The second-order valence-corrected chi connectivity index (χ2v) is 4.75. The molecule has 1 amide bonds. The molecule has 0 aliphatic heterocycles. The Morgan fingerprint density at radius 2 is 1.73 bits per heavy atom. The van der Waals surface area contributed by atoms with Gasteiger partial charge in [0.25, 0.3) is 5.91 Å². The normalized spacial score (nSPS) is 9.95. The van der Waals surface area contributed by atoms with Crippen LogP contribution in [0.5, 0.6) is 0 Å². The largest absolute Gasteiger partial charge is 0.323 e. The van der Waals surface area contributed by atoms with Crippen molar-refractivity contribution in [1.29, 1.82) is 5.26 Å². The zero-order valence-electron chi connectivity index (χ0n) is 11.7. The predicted molar refractivity (Wildman–Crippen MR) is 84.9 cm³/mol. The molecule has 3 aromatic rings. The first kappa shape index (κ1) is 13.7. The van der Waals surface area contributed by atoms with Gasteiger partial charge >= 0.3 is 0 Å². The number of amides is 1. The monoisotopic (exact) mass is 287 g/mol. The van der Waals surface area contributed by atoms with E-state index in [-0.39, 0.29) is 5.91 Å². The summed E-state index contributed by atoms with van der Waals surface area (Å²) in [7, 11) is 0. The third-order valence-corrected chi connectivity index (χ3v) is 3.29. The van der Waals surface area contributed by atoms with Crippen molar-refractivity contribution in [2.75, 3.05) is 5.32 Å². The third kappa shape index (κ3) is 2.74. The molecule has 1 N–H and O–H groups in total. The lowest BCUT2D eigenvalue weighted by atomic mass is 10.1. The molecule has 0 fully saturated rings. The molecule has 0 unspecified atom stereocenters. The van der Waals surface area contributed by atoms with Gasteiger partial charge in [-0.25, -0.2) is 0 Å². The van der Waals surface area contributed by atoms with Gasteiger partial charge in [-0.15, -0.1) is 0 Å². The first-order valence-corrected chi connectivity index (χ1v) is 6.82. The van der Waals surface area contributed by atoms with Crippen LogP contribution in [-0.2, 0) is 0 Å². The van der Waals surface area contributed by atoms with E-state index in [4.69, 9.17) is 0 Å². The maximum absolute atomic E-state index is 12.1. The molecule has 0 saturated heterocycles. The Labute approximate surface area is 128 Å². The Bertz CT molecular complexity index is 831. The number of hydrogen-bond acceptors (Lipinski definition) is 2. The average Bonchev–Trinajstić information content (AvgIpc) is 3.09. The Hall–Kier alpha value is -3.32. The quantitative estimate of drug-likeness (QED) is 0.800. The molecule has 1 aromatic heterocycles. The standard InChI is InChI=1S/C18H13N3O/c19-13-15-12-16(8-9-17(15)21-10-4-5-11-21)20-18(22)14-6-2-1-3-7-14/h1-12H,(H,20,22). The summed E-state index contributed by atoms with van der Waals surface area (Å²) in [5, 5.41) is 12.1. The molecule has 0 saturated carbocycles. The summed E-state index contributed by atoms with van der Waals surface area (Å²) in [6.45, 7) is 0. The summed E-state index contributed by atoms with van der Waals surface area (Å²) in [5.74, 6) is -0.196. The summed E-state index contributed by atoms with van der Waals surface area (Å²) in [4.78, 5) is 12.1. The molecule has 22 heavy (non-hydrogen) atoms. The smallest absolute Gasteiger partial charge is 0.255 e. The van der Waals surface area contributed by atoms with E-state index >= 15 is 0 Å². The van der Waals surface area contributed by atoms with Gasteiger partial charge < -0.3 is 9.88 Å². The number of nitrogens with one attached hydrogen (secondary N) is 1. The van der Waals surface area contributed by atoms with Crippen molar-refractivity contribution in [3.63, 3.8) is 0 Å². The van der Waals surface area contributed by atoms with Gasteiger partial charge in [-0.1, -0.05) is 18.2 Å². The number of anilines is 1. The number of rotatable bonds is 3. The summed E-state index contributed by atoms with van der Waals surface area (Å²) < 4.78 is 1.86. The molecule has 3 rings (SSSR count). The van der Waals surface area contributed by atoms with E-state index in [1.54, 1.807) is 24.3 Å². The highest BCUT2D eigenvalue weighted by atomic mass is 16.1. The Kier molecular flexibility index (Phi) is 3.71. The van der Waals surface area contributed by atoms with Crippen molar-refractivity contribution in [1.82, 2.24) is 4.57 Å². The van der Waals surface area contributed by atoms with Crippen molar-refractivity contribution < 1.29 is 4.79 Å². The highest BCUT2D eigenvalue weighted by molar-refractivity contribution is 6.04. The fourth-order valence-corrected chi connectivity index (χ4v) is 2.22. The van der Waals surface area contributed by atoms with Crippen LogP contribution in [0.15, 0.2) is 73.1 Å². The number of nitrogens with zero attached hydrogens (tertiary/aromatic N) is 2. The fourth-order valence-electron chi connectivity index (χ4n) is 2.22. The second kappa shape index (κ2) is 5.98. The summed E-state index contributed by atoms with van der Waals surface area (Å²) in [6.07, 6.45) is 3.75. The summed E-state index contributed by atoms with van der Waals surface area (Å²) >= 11 is 0. The molecule has 2 aromatic carbocycles. The van der Waals surface area contributed by atoms with Gasteiger partial charge in [0.15, 0.2) is 0 Å². The van der Waals surface area contributed by atoms with Crippen LogP contribution >= 0.6 is 0 Å². The average molecular weight is 287 g/mol. The van der Waals surface area contributed by atoms with Crippen LogP contribution in [0.1, 0.15) is 15.9 Å². The number of benzene rings is 2. The SMILES string of the molecule is N#Cc1cc(NC(=O)c2ccccc2)ccc1-n1cccc1. The highest BCUT2D eigenvalue weighted by Crippen LogP contribution is 2.20. The van der Waals surface area contributed by atoms with E-state index in [1.807, 2.05) is 53.4 Å². The van der Waals surface area contributed by atoms with Gasteiger partial charge in [0.05, 0.1) is 11.3 Å². The Morgan fingerprint density at radius 1 is 1.00 bits per heavy atom. The highest BCUT2D eigenvalue weighted by Gasteiger charge is 2.08. The van der Waals surface area contributed by atoms with Crippen LogP contribution in [0.25, 0.3) is 5.69 Å². The number of carbonyl (C=O) groups excluding carboxylic acids is 1. The minimum Gasteiger partial charge on any atom is -0.323 e. The van der Waals surface area contributed by atoms with Crippen LogP contribution in [0.3, 0.4) is 0 Å². The van der Waals surface area contributed by atoms with E-state index in [0.717, 1.165) is 5.69 Å². The van der Waals surface area contributed by atoms with E-state index < -0.39 is 0 Å². The molecule has 0 aliphatic carbocycles. The predicted octanol–water partition coefficient (Wildman–Crippen LogP) is 3.60. The number of hydrogen-bond donors (Lipinski definition) is 1. The van der Waals surface area contributed by atoms with E-state index in [9.17, 15) is 10.1 Å². The summed E-state index contributed by atoms with van der Waals surface area (Å²) in [6, 6.07) is 20.2. The van der Waals surface area contributed by atoms with Crippen molar-refractivity contribution in [2.45, 2.75) is 0 Å². The molecule has 106 valence electrons. The topological polar surface area (TPSA) is 57.8 Å². The maximum atomic E-state index is 12.1. The van der Waals surface area contributed by atoms with Crippen LogP contribution < -0.4 is 5.32 Å². The van der Waals surface area contributed by atoms with Crippen molar-refractivity contribution >= 4 is 11.6 Å². The molecule has 4 nitrogen and oxygen atoms in total. The second-order valence-electron chi connectivity index (χ2n) is 4.75. The lowest BCUT2D eigenvalue weighted by Crippen LogP contribution is -2.12. The van der Waals surface area contributed by atoms with E-state index in [2.05, 4.69) is 11.4 Å². The van der Waals surface area contributed by atoms with Gasteiger partial charge in [0.1, 0.15) is 6.07 Å². The van der Waals surface area contributed by atoms with Crippen LogP contribution in [0.4, 0.5) is 5.69 Å². The van der Waals surface area contributed by atoms with Gasteiger partial charge in [-0.05, 0) is 42.5 Å². The third-order valence-electron chi connectivity index (χ3n) is 3.29. The number of carbonyl (C=O) groups is 1. The lowest BCUT2D eigenvalue weighted by Gasteiger charge is -2.09. The van der Waals surface area contributed by atoms with E-state index in [0.29, 0.717) is 16.8 Å². The van der Waals surface area contributed by atoms with E-state index in [1.165, 1.54) is 0 Å². The zero-order valence-corrected chi connectivity index (χ0v) is 11.7. The van der Waals surface area contributed by atoms with Gasteiger partial charge in [-0.2, -0.15) is 5.26 Å². The molecule has 0 atom stereocenters. The van der Waals surface area contributed by atoms with Crippen molar-refractivity contribution in [3.8, 4) is 11.8 Å². The zero-order chi connectivity index (χ0) is 15.4. The molecular formula is C18H13N3O. The van der Waals surface area contributed by atoms with Crippen molar-refractivity contribution in [3.05, 3.63) is 84.2 Å². The molecule has 4 heteroatoms. The molecule has 0 bridgehead atoms. The van der Waals surface area contributed by atoms with Crippen LogP contribution in [-0.4, -0.2) is 10.5 Å². The van der Waals surface area contributed by atoms with Crippen molar-refractivity contribution in [2.24, 2.45) is 0 Å². The number of aromatic nitrogens is 1. The first-order chi connectivity index (χ1) is 10.8. The Balaban J connectivity index is 1.87. The minimum absolute atomic E-state index is 0.196. The van der Waals surface area contributed by atoms with Crippen LogP contribution in [0, 0.1) is 11.3 Å². The maximum Gasteiger partial charge on any atom is 0.255 e. The molecule has 0 radical (unpaired) electrons. The van der Waals surface area contributed by atoms with Gasteiger partial charge in [0.2, 0.25) is 0 Å². The Morgan fingerprint density at radius 3 is 2.41 bits per heavy atom. The number of nitriles is 1. The van der Waals surface area contributed by atoms with Gasteiger partial charge in [0, 0.05) is 23.6 Å². The molecule has 0 spiro atoms. The van der Waals surface area contributed by atoms with Gasteiger partial charge in [-0.3, -0.25) is 4.79 Å². The lowest BCUT2D eigenvalue weighted by molar-refractivity contribution is 0.102. The molecule has 1 heterocycles. The molecule has 0 aliphatic rings. The first-order valence-electron chi connectivity index (χ1n) is 6.82.